The van der Waals surface area contributed by atoms with Gasteiger partial charge in [-0.3, -0.25) is 16.0 Å². The van der Waals surface area contributed by atoms with Crippen molar-refractivity contribution in [1.29, 1.82) is 0 Å². The Morgan fingerprint density at radius 2 is 2.41 bits per heavy atom. The second-order valence-electron chi connectivity index (χ2n) is 3.96. The highest BCUT2D eigenvalue weighted by molar-refractivity contribution is 6.31. The molecular weight excluding hydrogens is 240 g/mol. The topological polar surface area (TPSA) is 65.1 Å². The maximum Gasteiger partial charge on any atom is 0.0834 e. The summed E-state index contributed by atoms with van der Waals surface area (Å²) in [4.78, 5) is 0. The van der Waals surface area contributed by atoms with E-state index in [-0.39, 0.29) is 6.04 Å². The van der Waals surface area contributed by atoms with Crippen LogP contribution in [0.3, 0.4) is 0 Å². The third kappa shape index (κ3) is 3.96. The number of ether oxygens (including phenoxy) is 1. The van der Waals surface area contributed by atoms with Gasteiger partial charge in [0, 0.05) is 20.3 Å². The van der Waals surface area contributed by atoms with E-state index in [1.807, 2.05) is 4.68 Å². The lowest BCUT2D eigenvalue weighted by Crippen LogP contribution is -2.30. The number of nitrogens with zero attached hydrogens (tertiary/aromatic N) is 2. The summed E-state index contributed by atoms with van der Waals surface area (Å²) in [5.41, 5.74) is 3.77. The van der Waals surface area contributed by atoms with E-state index < -0.39 is 0 Å². The zero-order valence-electron chi connectivity index (χ0n) is 10.4. The molecule has 5 nitrogen and oxygen atoms in total. The van der Waals surface area contributed by atoms with Crippen molar-refractivity contribution >= 4 is 11.6 Å². The number of nitrogens with two attached hydrogens (primary N) is 1. The van der Waals surface area contributed by atoms with Crippen LogP contribution in [0, 0.1) is 0 Å². The smallest absolute Gasteiger partial charge is 0.0834 e. The van der Waals surface area contributed by atoms with E-state index in [0.717, 1.165) is 38.1 Å². The summed E-state index contributed by atoms with van der Waals surface area (Å²) in [7, 11) is 1.69. The van der Waals surface area contributed by atoms with Gasteiger partial charge in [0.25, 0.3) is 0 Å². The molecule has 1 aromatic rings. The molecule has 0 aliphatic heterocycles. The summed E-state index contributed by atoms with van der Waals surface area (Å²) in [6.07, 6.45) is 4.49. The van der Waals surface area contributed by atoms with Crippen molar-refractivity contribution in [3.05, 3.63) is 16.9 Å². The van der Waals surface area contributed by atoms with Crippen molar-refractivity contribution in [3.8, 4) is 0 Å². The molecule has 0 radical (unpaired) electrons. The number of methoxy groups -OCH3 is 1. The highest BCUT2D eigenvalue weighted by Crippen LogP contribution is 2.25. The second kappa shape index (κ2) is 7.66. The fourth-order valence-electron chi connectivity index (χ4n) is 1.84. The maximum absolute atomic E-state index is 6.16. The summed E-state index contributed by atoms with van der Waals surface area (Å²) in [5, 5.41) is 4.93. The fourth-order valence-corrected chi connectivity index (χ4v) is 2.11. The van der Waals surface area contributed by atoms with Crippen LogP contribution in [0.2, 0.25) is 5.02 Å². The zero-order valence-corrected chi connectivity index (χ0v) is 11.2. The first-order valence-corrected chi connectivity index (χ1v) is 6.28. The van der Waals surface area contributed by atoms with Gasteiger partial charge in [0.15, 0.2) is 0 Å². The van der Waals surface area contributed by atoms with E-state index >= 15 is 0 Å². The quantitative estimate of drug-likeness (QED) is 0.426. The standard InChI is InChI=1S/C11H21ClN4O/c1-3-6-16-11(9(12)8-14-16)10(15-13)5-4-7-17-2/h8,10,15H,3-7,13H2,1-2H3. The predicted octanol–water partition coefficient (Wildman–Crippen LogP) is 1.88. The molecule has 0 aromatic carbocycles. The van der Waals surface area contributed by atoms with E-state index in [1.54, 1.807) is 13.3 Å². The van der Waals surface area contributed by atoms with Crippen LogP contribution in [0.15, 0.2) is 6.20 Å². The minimum Gasteiger partial charge on any atom is -0.385 e. The van der Waals surface area contributed by atoms with Gasteiger partial charge >= 0.3 is 0 Å². The molecule has 0 aliphatic carbocycles. The first-order valence-electron chi connectivity index (χ1n) is 5.90. The third-order valence-electron chi connectivity index (χ3n) is 2.64. The van der Waals surface area contributed by atoms with Gasteiger partial charge in [0.1, 0.15) is 0 Å². The SMILES string of the molecule is CCCn1ncc(Cl)c1C(CCCOC)NN. The zero-order chi connectivity index (χ0) is 12.7. The molecule has 0 fully saturated rings. The molecule has 0 saturated heterocycles. The number of halogens is 1. The van der Waals surface area contributed by atoms with Gasteiger partial charge in [-0.15, -0.1) is 0 Å². The van der Waals surface area contributed by atoms with Gasteiger partial charge in [0.2, 0.25) is 0 Å². The lowest BCUT2D eigenvalue weighted by Gasteiger charge is -2.18. The summed E-state index contributed by atoms with van der Waals surface area (Å²) >= 11 is 6.16. The van der Waals surface area contributed by atoms with E-state index in [2.05, 4.69) is 17.4 Å². The molecule has 0 spiro atoms. The van der Waals surface area contributed by atoms with Crippen LogP contribution in [0.4, 0.5) is 0 Å². The Balaban J connectivity index is 2.75. The van der Waals surface area contributed by atoms with E-state index in [1.165, 1.54) is 0 Å². The number of aromatic nitrogens is 2. The average molecular weight is 261 g/mol. The first-order chi connectivity index (χ1) is 8.24. The van der Waals surface area contributed by atoms with E-state index in [4.69, 9.17) is 22.2 Å². The number of hydrogen-bond acceptors (Lipinski definition) is 4. The Morgan fingerprint density at radius 1 is 1.65 bits per heavy atom. The Hall–Kier alpha value is -0.620. The molecule has 0 saturated carbocycles. The molecule has 1 atom stereocenters. The molecular formula is C11H21ClN4O. The van der Waals surface area contributed by atoms with Gasteiger partial charge in [-0.2, -0.15) is 5.10 Å². The Bertz CT molecular complexity index is 329. The summed E-state index contributed by atoms with van der Waals surface area (Å²) in [6, 6.07) is 0.0201. The van der Waals surface area contributed by atoms with E-state index in [0.29, 0.717) is 5.02 Å². The molecule has 1 rings (SSSR count). The van der Waals surface area contributed by atoms with Gasteiger partial charge in [-0.05, 0) is 19.3 Å². The molecule has 3 N–H and O–H groups in total. The number of hydrogen-bond donors (Lipinski definition) is 2. The third-order valence-corrected chi connectivity index (χ3v) is 2.93. The summed E-state index contributed by atoms with van der Waals surface area (Å²) < 4.78 is 6.95. The van der Waals surface area contributed by atoms with Crippen LogP contribution < -0.4 is 11.3 Å². The summed E-state index contributed by atoms with van der Waals surface area (Å²) in [6.45, 7) is 3.68. The van der Waals surface area contributed by atoms with Crippen LogP contribution in [-0.4, -0.2) is 23.5 Å². The van der Waals surface area contributed by atoms with Crippen LogP contribution >= 0.6 is 11.6 Å². The lowest BCUT2D eigenvalue weighted by molar-refractivity contribution is 0.188. The molecule has 98 valence electrons. The number of nitrogens with one attached hydrogen (secondary N) is 1. The van der Waals surface area contributed by atoms with Crippen LogP contribution in [-0.2, 0) is 11.3 Å². The molecule has 1 aromatic heterocycles. The van der Waals surface area contributed by atoms with E-state index in [9.17, 15) is 0 Å². The van der Waals surface area contributed by atoms with Crippen molar-refractivity contribution in [1.82, 2.24) is 15.2 Å². The van der Waals surface area contributed by atoms with Gasteiger partial charge < -0.3 is 4.74 Å². The monoisotopic (exact) mass is 260 g/mol. The molecule has 1 heterocycles. The highest BCUT2D eigenvalue weighted by atomic mass is 35.5. The Kier molecular flexibility index (Phi) is 6.50. The predicted molar refractivity (Wildman–Crippen MR) is 68.7 cm³/mol. The fraction of sp³-hybridized carbons (Fsp3) is 0.727. The van der Waals surface area contributed by atoms with Crippen molar-refractivity contribution < 1.29 is 4.74 Å². The first kappa shape index (κ1) is 14.4. The number of aryl methyl sites for hydroxylation is 1. The molecule has 0 aliphatic rings. The second-order valence-corrected chi connectivity index (χ2v) is 4.36. The molecule has 17 heavy (non-hydrogen) atoms. The number of hydrazine groups is 1. The average Bonchev–Trinajstić information content (AvgIpc) is 2.68. The van der Waals surface area contributed by atoms with Gasteiger partial charge in [-0.1, -0.05) is 18.5 Å². The molecule has 6 heteroatoms. The van der Waals surface area contributed by atoms with Crippen molar-refractivity contribution in [2.24, 2.45) is 5.84 Å². The van der Waals surface area contributed by atoms with Gasteiger partial charge in [-0.25, -0.2) is 0 Å². The van der Waals surface area contributed by atoms with Crippen molar-refractivity contribution in [3.63, 3.8) is 0 Å². The normalized spacial score (nSPS) is 12.9. The van der Waals surface area contributed by atoms with Crippen LogP contribution in [0.1, 0.15) is 37.9 Å². The van der Waals surface area contributed by atoms with Crippen molar-refractivity contribution in [2.45, 2.75) is 38.8 Å². The highest BCUT2D eigenvalue weighted by Gasteiger charge is 2.18. The molecule has 1 unspecified atom stereocenters. The van der Waals surface area contributed by atoms with Crippen LogP contribution in [0.25, 0.3) is 0 Å². The van der Waals surface area contributed by atoms with Crippen LogP contribution in [0.5, 0.6) is 0 Å². The van der Waals surface area contributed by atoms with Crippen molar-refractivity contribution in [2.75, 3.05) is 13.7 Å². The maximum atomic E-state index is 6.16. The van der Waals surface area contributed by atoms with Gasteiger partial charge in [0.05, 0.1) is 23.0 Å². The summed E-state index contributed by atoms with van der Waals surface area (Å²) in [5.74, 6) is 5.59. The molecule has 0 amide bonds. The minimum atomic E-state index is 0.0201. The Labute approximate surface area is 107 Å². The lowest BCUT2D eigenvalue weighted by atomic mass is 10.1. The Morgan fingerprint density at radius 3 is 3.00 bits per heavy atom. The largest absolute Gasteiger partial charge is 0.385 e. The number of rotatable bonds is 8. The molecule has 0 bridgehead atoms. The minimum absolute atomic E-state index is 0.0201.